The third kappa shape index (κ3) is 5.63. The molecular weight excluding hydrogens is 236 g/mol. The summed E-state index contributed by atoms with van der Waals surface area (Å²) < 4.78 is 0. The standard InChI is InChI=1S/C16H28N2O/c1-13(11-15(2,3)4)10-14(19)18-16(12-17)8-6-5-7-9-16/h13H,5-11H2,1-4H3,(H,18,19). The Balaban J connectivity index is 2.48. The van der Waals surface area contributed by atoms with Crippen LogP contribution in [0.15, 0.2) is 0 Å². The molecule has 1 aliphatic carbocycles. The van der Waals surface area contributed by atoms with Crippen LogP contribution in [0.5, 0.6) is 0 Å². The van der Waals surface area contributed by atoms with Crippen LogP contribution >= 0.6 is 0 Å². The molecule has 1 atom stereocenters. The molecule has 0 aromatic rings. The molecule has 0 spiro atoms. The molecule has 1 aliphatic rings. The second-order valence-corrected chi connectivity index (χ2v) is 7.38. The van der Waals surface area contributed by atoms with Crippen LogP contribution in [0.1, 0.15) is 72.6 Å². The van der Waals surface area contributed by atoms with Gasteiger partial charge in [0.15, 0.2) is 0 Å². The second kappa shape index (κ2) is 6.41. The van der Waals surface area contributed by atoms with Gasteiger partial charge in [-0.05, 0) is 30.6 Å². The zero-order valence-electron chi connectivity index (χ0n) is 12.9. The largest absolute Gasteiger partial charge is 0.338 e. The summed E-state index contributed by atoms with van der Waals surface area (Å²) in [5.41, 5.74) is -0.339. The fourth-order valence-electron chi connectivity index (χ4n) is 3.17. The molecule has 108 valence electrons. The molecule has 0 aromatic carbocycles. The average Bonchev–Trinajstić information content (AvgIpc) is 2.27. The minimum atomic E-state index is -0.587. The Bertz CT molecular complexity index is 343. The molecule has 19 heavy (non-hydrogen) atoms. The van der Waals surface area contributed by atoms with Gasteiger partial charge in [0, 0.05) is 6.42 Å². The van der Waals surface area contributed by atoms with Gasteiger partial charge in [-0.3, -0.25) is 4.79 Å². The van der Waals surface area contributed by atoms with Gasteiger partial charge in [0.1, 0.15) is 5.54 Å². The van der Waals surface area contributed by atoms with E-state index in [1.54, 1.807) is 0 Å². The lowest BCUT2D eigenvalue weighted by atomic mass is 9.81. The maximum Gasteiger partial charge on any atom is 0.221 e. The van der Waals surface area contributed by atoms with Crippen LogP contribution in [-0.4, -0.2) is 11.4 Å². The number of hydrogen-bond acceptors (Lipinski definition) is 2. The molecule has 0 heterocycles. The molecule has 1 saturated carbocycles. The van der Waals surface area contributed by atoms with Crippen LogP contribution in [0.25, 0.3) is 0 Å². The SMILES string of the molecule is CC(CC(=O)NC1(C#N)CCCCC1)CC(C)(C)C. The highest BCUT2D eigenvalue weighted by Crippen LogP contribution is 2.29. The average molecular weight is 264 g/mol. The Morgan fingerprint density at radius 1 is 1.32 bits per heavy atom. The van der Waals surface area contributed by atoms with Gasteiger partial charge < -0.3 is 5.32 Å². The second-order valence-electron chi connectivity index (χ2n) is 7.38. The highest BCUT2D eigenvalue weighted by molar-refractivity contribution is 5.77. The number of rotatable bonds is 4. The number of amides is 1. The van der Waals surface area contributed by atoms with E-state index in [4.69, 9.17) is 0 Å². The lowest BCUT2D eigenvalue weighted by molar-refractivity contribution is -0.123. The van der Waals surface area contributed by atoms with Gasteiger partial charge in [0.2, 0.25) is 5.91 Å². The van der Waals surface area contributed by atoms with Crippen molar-refractivity contribution in [3.8, 4) is 6.07 Å². The number of carbonyl (C=O) groups is 1. The lowest BCUT2D eigenvalue weighted by Gasteiger charge is -2.32. The predicted molar refractivity (Wildman–Crippen MR) is 77.4 cm³/mol. The minimum absolute atomic E-state index is 0.0419. The van der Waals surface area contributed by atoms with Crippen LogP contribution in [0, 0.1) is 22.7 Å². The zero-order valence-corrected chi connectivity index (χ0v) is 12.9. The van der Waals surface area contributed by atoms with E-state index >= 15 is 0 Å². The number of carbonyl (C=O) groups excluding carboxylic acids is 1. The van der Waals surface area contributed by atoms with E-state index in [-0.39, 0.29) is 11.3 Å². The van der Waals surface area contributed by atoms with Gasteiger partial charge in [-0.1, -0.05) is 47.0 Å². The van der Waals surface area contributed by atoms with Crippen molar-refractivity contribution in [1.29, 1.82) is 5.26 Å². The Morgan fingerprint density at radius 2 is 1.89 bits per heavy atom. The highest BCUT2D eigenvalue weighted by Gasteiger charge is 2.33. The van der Waals surface area contributed by atoms with Crippen molar-refractivity contribution >= 4 is 5.91 Å². The summed E-state index contributed by atoms with van der Waals surface area (Å²) in [4.78, 5) is 12.1. The van der Waals surface area contributed by atoms with E-state index in [2.05, 4.69) is 39.1 Å². The molecule has 0 bridgehead atoms. The van der Waals surface area contributed by atoms with Gasteiger partial charge in [-0.15, -0.1) is 0 Å². The van der Waals surface area contributed by atoms with Crippen molar-refractivity contribution in [2.75, 3.05) is 0 Å². The van der Waals surface area contributed by atoms with Crippen LogP contribution < -0.4 is 5.32 Å². The Labute approximate surface area is 117 Å². The first kappa shape index (κ1) is 16.0. The van der Waals surface area contributed by atoms with E-state index < -0.39 is 5.54 Å². The lowest BCUT2D eigenvalue weighted by Crippen LogP contribution is -2.49. The van der Waals surface area contributed by atoms with Gasteiger partial charge >= 0.3 is 0 Å². The van der Waals surface area contributed by atoms with E-state index in [9.17, 15) is 10.1 Å². The quantitative estimate of drug-likeness (QED) is 0.840. The Kier molecular flexibility index (Phi) is 5.40. The third-order valence-corrected chi connectivity index (χ3v) is 3.79. The molecule has 1 rings (SSSR count). The molecule has 0 aliphatic heterocycles. The van der Waals surface area contributed by atoms with Crippen molar-refractivity contribution in [2.24, 2.45) is 11.3 Å². The topological polar surface area (TPSA) is 52.9 Å². The molecule has 0 saturated heterocycles. The van der Waals surface area contributed by atoms with Crippen molar-refractivity contribution in [2.45, 2.75) is 78.2 Å². The first-order chi connectivity index (χ1) is 8.76. The first-order valence-electron chi connectivity index (χ1n) is 7.49. The zero-order chi connectivity index (χ0) is 14.5. The van der Waals surface area contributed by atoms with Crippen LogP contribution in [0.3, 0.4) is 0 Å². The molecule has 1 amide bonds. The smallest absolute Gasteiger partial charge is 0.221 e. The van der Waals surface area contributed by atoms with Crippen molar-refractivity contribution < 1.29 is 4.79 Å². The fraction of sp³-hybridized carbons (Fsp3) is 0.875. The maximum absolute atomic E-state index is 12.1. The number of hydrogen-bond donors (Lipinski definition) is 1. The predicted octanol–water partition coefficient (Wildman–Crippen LogP) is 3.79. The van der Waals surface area contributed by atoms with Crippen molar-refractivity contribution in [3.63, 3.8) is 0 Å². The molecule has 0 radical (unpaired) electrons. The van der Waals surface area contributed by atoms with Crippen LogP contribution in [0.4, 0.5) is 0 Å². The van der Waals surface area contributed by atoms with Gasteiger partial charge in [-0.25, -0.2) is 0 Å². The summed E-state index contributed by atoms with van der Waals surface area (Å²) in [5.74, 6) is 0.402. The molecule has 1 fully saturated rings. The van der Waals surface area contributed by atoms with Crippen LogP contribution in [0.2, 0.25) is 0 Å². The summed E-state index contributed by atoms with van der Waals surface area (Å²) in [6.45, 7) is 8.70. The third-order valence-electron chi connectivity index (χ3n) is 3.79. The van der Waals surface area contributed by atoms with Gasteiger partial charge in [-0.2, -0.15) is 5.26 Å². The molecule has 0 aromatic heterocycles. The number of nitrogens with one attached hydrogen (secondary N) is 1. The highest BCUT2D eigenvalue weighted by atomic mass is 16.1. The molecule has 1 unspecified atom stereocenters. The minimum Gasteiger partial charge on any atom is -0.338 e. The molecule has 1 N–H and O–H groups in total. The van der Waals surface area contributed by atoms with Crippen molar-refractivity contribution in [1.82, 2.24) is 5.32 Å². The maximum atomic E-state index is 12.1. The fourth-order valence-corrected chi connectivity index (χ4v) is 3.17. The number of nitrogens with zero attached hydrogens (tertiary/aromatic N) is 1. The van der Waals surface area contributed by atoms with E-state index in [1.807, 2.05) is 0 Å². The van der Waals surface area contributed by atoms with Gasteiger partial charge in [0.05, 0.1) is 6.07 Å². The molecular formula is C16H28N2O. The van der Waals surface area contributed by atoms with Gasteiger partial charge in [0.25, 0.3) is 0 Å². The van der Waals surface area contributed by atoms with E-state index in [1.165, 1.54) is 6.42 Å². The summed E-state index contributed by atoms with van der Waals surface area (Å²) in [7, 11) is 0. The summed E-state index contributed by atoms with van der Waals surface area (Å²) in [5, 5.41) is 12.3. The first-order valence-corrected chi connectivity index (χ1v) is 7.49. The van der Waals surface area contributed by atoms with E-state index in [0.717, 1.165) is 32.1 Å². The number of nitriles is 1. The molecule has 3 heteroatoms. The van der Waals surface area contributed by atoms with E-state index in [0.29, 0.717) is 12.3 Å². The Hall–Kier alpha value is -1.04. The monoisotopic (exact) mass is 264 g/mol. The van der Waals surface area contributed by atoms with Crippen LogP contribution in [-0.2, 0) is 4.79 Å². The normalized spacial score (nSPS) is 20.4. The Morgan fingerprint density at radius 3 is 2.37 bits per heavy atom. The summed E-state index contributed by atoms with van der Waals surface area (Å²) >= 11 is 0. The summed E-state index contributed by atoms with van der Waals surface area (Å²) in [6.07, 6.45) is 6.45. The molecule has 3 nitrogen and oxygen atoms in total. The van der Waals surface area contributed by atoms with Crippen molar-refractivity contribution in [3.05, 3.63) is 0 Å². The summed E-state index contributed by atoms with van der Waals surface area (Å²) in [6, 6.07) is 2.34.